The van der Waals surface area contributed by atoms with E-state index >= 15 is 0 Å². The predicted octanol–water partition coefficient (Wildman–Crippen LogP) is 1.08. The number of benzene rings is 1. The van der Waals surface area contributed by atoms with Gasteiger partial charge in [0.05, 0.1) is 5.69 Å². The molecule has 1 aromatic carbocycles. The van der Waals surface area contributed by atoms with Gasteiger partial charge in [0.1, 0.15) is 0 Å². The highest BCUT2D eigenvalue weighted by Gasteiger charge is 2.16. The van der Waals surface area contributed by atoms with Crippen molar-refractivity contribution in [3.05, 3.63) is 47.3 Å². The van der Waals surface area contributed by atoms with Crippen LogP contribution in [0.3, 0.4) is 0 Å². The number of carbonyl (C=O) groups excluding carboxylic acids is 2. The van der Waals surface area contributed by atoms with Crippen LogP contribution in [0.15, 0.2) is 30.5 Å². The summed E-state index contributed by atoms with van der Waals surface area (Å²) in [5.41, 5.74) is 6.96. The van der Waals surface area contributed by atoms with Gasteiger partial charge in [0.2, 0.25) is 0 Å². The first-order valence-corrected chi connectivity index (χ1v) is 5.69. The normalized spacial score (nSPS) is 10.2. The van der Waals surface area contributed by atoms with Crippen molar-refractivity contribution in [1.29, 1.82) is 0 Å². The van der Waals surface area contributed by atoms with Gasteiger partial charge in [0.25, 0.3) is 11.8 Å². The lowest BCUT2D eigenvalue weighted by Crippen LogP contribution is -2.18. The quantitative estimate of drug-likeness (QED) is 0.863. The van der Waals surface area contributed by atoms with Crippen LogP contribution in [0.25, 0.3) is 0 Å². The molecule has 2 aromatic rings. The van der Waals surface area contributed by atoms with Crippen molar-refractivity contribution in [2.24, 2.45) is 12.8 Å². The van der Waals surface area contributed by atoms with Crippen LogP contribution in [0.2, 0.25) is 0 Å². The number of aromatic nitrogens is 2. The molecule has 3 N–H and O–H groups in total. The highest BCUT2D eigenvalue weighted by Crippen LogP contribution is 2.15. The van der Waals surface area contributed by atoms with Crippen molar-refractivity contribution in [1.82, 2.24) is 9.78 Å². The Morgan fingerprint density at radius 1 is 1.32 bits per heavy atom. The Balaban J connectivity index is 2.29. The fourth-order valence-corrected chi connectivity index (χ4v) is 1.78. The Morgan fingerprint density at radius 3 is 2.63 bits per heavy atom. The molecule has 98 valence electrons. The molecule has 19 heavy (non-hydrogen) atoms. The lowest BCUT2D eigenvalue weighted by atomic mass is 10.1. The molecule has 6 heteroatoms. The number of amides is 2. The van der Waals surface area contributed by atoms with Crippen molar-refractivity contribution >= 4 is 17.5 Å². The third-order valence-corrected chi connectivity index (χ3v) is 2.70. The number of rotatable bonds is 3. The van der Waals surface area contributed by atoms with E-state index in [9.17, 15) is 9.59 Å². The van der Waals surface area contributed by atoms with Crippen molar-refractivity contribution in [3.8, 4) is 0 Å². The smallest absolute Gasteiger partial charge is 0.271 e. The largest absolute Gasteiger partial charge is 0.364 e. The van der Waals surface area contributed by atoms with Crippen LogP contribution in [-0.4, -0.2) is 21.6 Å². The molecule has 0 unspecified atom stereocenters. The maximum absolute atomic E-state index is 12.1. The first kappa shape index (κ1) is 12.8. The molecule has 1 heterocycles. The zero-order valence-electron chi connectivity index (χ0n) is 10.7. The number of primary amides is 1. The predicted molar refractivity (Wildman–Crippen MR) is 70.9 cm³/mol. The average molecular weight is 258 g/mol. The minimum atomic E-state index is -0.680. The fourth-order valence-electron chi connectivity index (χ4n) is 1.78. The number of hydrogen-bond donors (Lipinski definition) is 2. The maximum Gasteiger partial charge on any atom is 0.271 e. The molecule has 0 aliphatic carbocycles. The summed E-state index contributed by atoms with van der Waals surface area (Å²) in [5.74, 6) is -0.978. The molecule has 0 atom stereocenters. The molecule has 6 nitrogen and oxygen atoms in total. The van der Waals surface area contributed by atoms with E-state index in [1.54, 1.807) is 19.2 Å². The summed E-state index contributed by atoms with van der Waals surface area (Å²) in [6.45, 7) is 1.84. The first-order chi connectivity index (χ1) is 8.99. The Morgan fingerprint density at radius 2 is 2.00 bits per heavy atom. The van der Waals surface area contributed by atoms with Gasteiger partial charge >= 0.3 is 0 Å². The van der Waals surface area contributed by atoms with Gasteiger partial charge in [-0.15, -0.1) is 0 Å². The summed E-state index contributed by atoms with van der Waals surface area (Å²) in [6, 6.07) is 7.18. The molecule has 0 aliphatic rings. The van der Waals surface area contributed by atoms with E-state index < -0.39 is 5.91 Å². The summed E-state index contributed by atoms with van der Waals surface area (Å²) >= 11 is 0. The molecular formula is C13H14N4O2. The Hall–Kier alpha value is -2.63. The van der Waals surface area contributed by atoms with E-state index in [2.05, 4.69) is 10.4 Å². The summed E-state index contributed by atoms with van der Waals surface area (Å²) in [7, 11) is 1.65. The zero-order valence-corrected chi connectivity index (χ0v) is 10.7. The molecule has 1 aromatic heterocycles. The van der Waals surface area contributed by atoms with Gasteiger partial charge in [-0.25, -0.2) is 0 Å². The summed E-state index contributed by atoms with van der Waals surface area (Å²) in [4.78, 5) is 23.3. The molecule has 2 rings (SSSR count). The average Bonchev–Trinajstić information content (AvgIpc) is 2.70. The third-order valence-electron chi connectivity index (χ3n) is 2.70. The SMILES string of the molecule is Cc1ccccc1C(=O)Nc1cn(C)nc1C(N)=O. The van der Waals surface area contributed by atoms with Crippen molar-refractivity contribution < 1.29 is 9.59 Å². The molecule has 0 radical (unpaired) electrons. The highest BCUT2D eigenvalue weighted by molar-refractivity contribution is 6.08. The number of carbonyl (C=O) groups is 2. The standard InChI is InChI=1S/C13H14N4O2/c1-8-5-3-4-6-9(8)13(19)15-10-7-17(2)16-11(10)12(14)18/h3-7H,1-2H3,(H2,14,18)(H,15,19). The van der Waals surface area contributed by atoms with Crippen LogP contribution < -0.4 is 11.1 Å². The maximum atomic E-state index is 12.1. The van der Waals surface area contributed by atoms with Gasteiger partial charge < -0.3 is 11.1 Å². The Bertz CT molecular complexity index is 646. The minimum Gasteiger partial charge on any atom is -0.364 e. The number of nitrogens with zero attached hydrogens (tertiary/aromatic N) is 2. The number of hydrogen-bond acceptors (Lipinski definition) is 3. The van der Waals surface area contributed by atoms with Crippen molar-refractivity contribution in [2.75, 3.05) is 5.32 Å². The van der Waals surface area contributed by atoms with Gasteiger partial charge in [-0.2, -0.15) is 5.10 Å². The second-order valence-electron chi connectivity index (χ2n) is 4.20. The van der Waals surface area contributed by atoms with E-state index in [1.165, 1.54) is 10.9 Å². The van der Waals surface area contributed by atoms with E-state index in [4.69, 9.17) is 5.73 Å². The zero-order chi connectivity index (χ0) is 14.0. The topological polar surface area (TPSA) is 90.0 Å². The van der Waals surface area contributed by atoms with E-state index in [1.807, 2.05) is 19.1 Å². The van der Waals surface area contributed by atoms with Gasteiger partial charge in [-0.1, -0.05) is 18.2 Å². The van der Waals surface area contributed by atoms with Crippen LogP contribution in [0, 0.1) is 6.92 Å². The highest BCUT2D eigenvalue weighted by atomic mass is 16.2. The van der Waals surface area contributed by atoms with Gasteiger partial charge in [-0.05, 0) is 18.6 Å². The van der Waals surface area contributed by atoms with Gasteiger partial charge in [-0.3, -0.25) is 14.3 Å². The van der Waals surface area contributed by atoms with Crippen molar-refractivity contribution in [2.45, 2.75) is 6.92 Å². The van der Waals surface area contributed by atoms with Gasteiger partial charge in [0, 0.05) is 18.8 Å². The Kier molecular flexibility index (Phi) is 3.33. The summed E-state index contributed by atoms with van der Waals surface area (Å²) in [6.07, 6.45) is 1.54. The number of aryl methyl sites for hydroxylation is 2. The second-order valence-corrected chi connectivity index (χ2v) is 4.20. The van der Waals surface area contributed by atoms with E-state index in [0.29, 0.717) is 11.3 Å². The third kappa shape index (κ3) is 2.62. The molecule has 2 amide bonds. The Labute approximate surface area is 110 Å². The van der Waals surface area contributed by atoms with Crippen LogP contribution in [0.1, 0.15) is 26.4 Å². The van der Waals surface area contributed by atoms with Gasteiger partial charge in [0.15, 0.2) is 5.69 Å². The van der Waals surface area contributed by atoms with Crippen LogP contribution >= 0.6 is 0 Å². The fraction of sp³-hybridized carbons (Fsp3) is 0.154. The molecule has 0 fully saturated rings. The second kappa shape index (κ2) is 4.93. The number of nitrogens with one attached hydrogen (secondary N) is 1. The van der Waals surface area contributed by atoms with E-state index in [0.717, 1.165) is 5.56 Å². The monoisotopic (exact) mass is 258 g/mol. The lowest BCUT2D eigenvalue weighted by Gasteiger charge is -2.06. The number of anilines is 1. The summed E-state index contributed by atoms with van der Waals surface area (Å²) in [5, 5.41) is 6.55. The lowest BCUT2D eigenvalue weighted by molar-refractivity contribution is 0.0995. The summed E-state index contributed by atoms with van der Waals surface area (Å²) < 4.78 is 1.42. The van der Waals surface area contributed by atoms with Crippen LogP contribution in [0.5, 0.6) is 0 Å². The van der Waals surface area contributed by atoms with Crippen molar-refractivity contribution in [3.63, 3.8) is 0 Å². The minimum absolute atomic E-state index is 0.0458. The van der Waals surface area contributed by atoms with Crippen LogP contribution in [-0.2, 0) is 7.05 Å². The molecule has 0 spiro atoms. The molecular weight excluding hydrogens is 244 g/mol. The molecule has 0 saturated heterocycles. The molecule has 0 bridgehead atoms. The number of nitrogens with two attached hydrogens (primary N) is 1. The molecule has 0 saturated carbocycles. The molecule has 0 aliphatic heterocycles. The first-order valence-electron chi connectivity index (χ1n) is 5.69. The van der Waals surface area contributed by atoms with Crippen LogP contribution in [0.4, 0.5) is 5.69 Å². The van der Waals surface area contributed by atoms with E-state index in [-0.39, 0.29) is 11.6 Å².